The molecule has 0 radical (unpaired) electrons. The normalized spacial score (nSPS) is 20.7. The van der Waals surface area contributed by atoms with Crippen LogP contribution in [0.1, 0.15) is 48.9 Å². The predicted molar refractivity (Wildman–Crippen MR) is 140 cm³/mol. The number of aromatic nitrogens is 3. The number of carbonyl (C=O) groups is 1. The van der Waals surface area contributed by atoms with Crippen molar-refractivity contribution >= 4 is 17.3 Å². The number of hydrogen-bond acceptors (Lipinski definition) is 6. The molecular formula is C28H33N7O. The van der Waals surface area contributed by atoms with Crippen LogP contribution in [-0.2, 0) is 24.3 Å². The van der Waals surface area contributed by atoms with E-state index in [2.05, 4.69) is 43.9 Å². The molecule has 3 aliphatic heterocycles. The van der Waals surface area contributed by atoms with E-state index in [1.807, 2.05) is 46.3 Å². The molecule has 0 N–H and O–H groups in total. The molecule has 0 aliphatic carbocycles. The highest BCUT2D eigenvalue weighted by atomic mass is 16.2. The van der Waals surface area contributed by atoms with Crippen LogP contribution in [0.4, 0.5) is 5.69 Å². The zero-order chi connectivity index (χ0) is 24.3. The Kier molecular flexibility index (Phi) is 6.51. The van der Waals surface area contributed by atoms with Gasteiger partial charge in [-0.15, -0.1) is 10.2 Å². The molecule has 8 nitrogen and oxygen atoms in total. The number of fused-ring (bicyclic) bond motifs is 1. The number of aryl methyl sites for hydroxylation is 1. The number of rotatable bonds is 5. The summed E-state index contributed by atoms with van der Waals surface area (Å²) in [7, 11) is 0. The number of nitrogens with zero attached hydrogens (tertiary/aromatic N) is 7. The van der Waals surface area contributed by atoms with Crippen molar-refractivity contribution in [1.29, 1.82) is 0 Å². The molecule has 186 valence electrons. The summed E-state index contributed by atoms with van der Waals surface area (Å²) in [6.45, 7) is 4.92. The number of hydrogen-bond donors (Lipinski definition) is 0. The molecule has 0 spiro atoms. The third kappa shape index (κ3) is 4.65. The van der Waals surface area contributed by atoms with E-state index in [9.17, 15) is 4.79 Å². The van der Waals surface area contributed by atoms with Gasteiger partial charge in [-0.25, -0.2) is 0 Å². The average Bonchev–Trinajstić information content (AvgIpc) is 3.47. The Morgan fingerprint density at radius 2 is 1.58 bits per heavy atom. The minimum atomic E-state index is 0.0250. The molecule has 3 aliphatic rings. The SMILES string of the molecule is O=C(C1=NN(c2ccccc2)C(c2ccccc2)C1)N1CCN(Cc2nnc3n2CCCCC3)CC1. The molecule has 6 rings (SSSR count). The summed E-state index contributed by atoms with van der Waals surface area (Å²) < 4.78 is 2.32. The highest BCUT2D eigenvalue weighted by molar-refractivity contribution is 6.39. The van der Waals surface area contributed by atoms with Crippen molar-refractivity contribution in [2.24, 2.45) is 5.10 Å². The van der Waals surface area contributed by atoms with Gasteiger partial charge in [0.1, 0.15) is 17.4 Å². The Labute approximate surface area is 212 Å². The maximum absolute atomic E-state index is 13.5. The summed E-state index contributed by atoms with van der Waals surface area (Å²) in [5.74, 6) is 2.26. The maximum atomic E-state index is 13.5. The van der Waals surface area contributed by atoms with E-state index < -0.39 is 0 Å². The Balaban J connectivity index is 1.12. The minimum Gasteiger partial charge on any atom is -0.335 e. The Morgan fingerprint density at radius 1 is 0.833 bits per heavy atom. The average molecular weight is 484 g/mol. The van der Waals surface area contributed by atoms with Crippen LogP contribution >= 0.6 is 0 Å². The first-order valence-corrected chi connectivity index (χ1v) is 13.2. The molecule has 1 unspecified atom stereocenters. The van der Waals surface area contributed by atoms with E-state index in [1.165, 1.54) is 24.8 Å². The molecule has 1 aromatic heterocycles. The Bertz CT molecular complexity index is 1220. The van der Waals surface area contributed by atoms with Gasteiger partial charge in [0.05, 0.1) is 18.3 Å². The van der Waals surface area contributed by atoms with Gasteiger partial charge in [0.25, 0.3) is 5.91 Å². The van der Waals surface area contributed by atoms with E-state index in [-0.39, 0.29) is 11.9 Å². The Morgan fingerprint density at radius 3 is 2.36 bits per heavy atom. The second-order valence-electron chi connectivity index (χ2n) is 9.92. The van der Waals surface area contributed by atoms with Crippen molar-refractivity contribution in [2.75, 3.05) is 31.2 Å². The van der Waals surface area contributed by atoms with Gasteiger partial charge < -0.3 is 9.47 Å². The van der Waals surface area contributed by atoms with Gasteiger partial charge in [0.15, 0.2) is 0 Å². The lowest BCUT2D eigenvalue weighted by atomic mass is 10.0. The van der Waals surface area contributed by atoms with Crippen molar-refractivity contribution in [1.82, 2.24) is 24.6 Å². The highest BCUT2D eigenvalue weighted by Gasteiger charge is 2.35. The minimum absolute atomic E-state index is 0.0250. The predicted octanol–water partition coefficient (Wildman–Crippen LogP) is 3.66. The van der Waals surface area contributed by atoms with Gasteiger partial charge in [-0.3, -0.25) is 14.7 Å². The first kappa shape index (κ1) is 22.9. The van der Waals surface area contributed by atoms with E-state index in [4.69, 9.17) is 5.10 Å². The van der Waals surface area contributed by atoms with Crippen molar-refractivity contribution in [2.45, 2.75) is 51.2 Å². The van der Waals surface area contributed by atoms with Gasteiger partial charge in [0.2, 0.25) is 0 Å². The number of benzene rings is 2. The largest absolute Gasteiger partial charge is 0.335 e. The molecule has 1 fully saturated rings. The molecule has 3 aromatic rings. The monoisotopic (exact) mass is 483 g/mol. The van der Waals surface area contributed by atoms with Crippen molar-refractivity contribution in [3.63, 3.8) is 0 Å². The molecule has 0 saturated carbocycles. The first-order valence-electron chi connectivity index (χ1n) is 13.2. The van der Waals surface area contributed by atoms with Crippen molar-refractivity contribution in [3.8, 4) is 0 Å². The zero-order valence-corrected chi connectivity index (χ0v) is 20.7. The third-order valence-electron chi connectivity index (χ3n) is 7.57. The highest BCUT2D eigenvalue weighted by Crippen LogP contribution is 2.35. The van der Waals surface area contributed by atoms with E-state index >= 15 is 0 Å². The van der Waals surface area contributed by atoms with Gasteiger partial charge >= 0.3 is 0 Å². The van der Waals surface area contributed by atoms with Crippen LogP contribution < -0.4 is 5.01 Å². The van der Waals surface area contributed by atoms with Crippen molar-refractivity contribution < 1.29 is 4.79 Å². The first-order chi connectivity index (χ1) is 17.8. The molecule has 1 saturated heterocycles. The second-order valence-corrected chi connectivity index (χ2v) is 9.92. The zero-order valence-electron chi connectivity index (χ0n) is 20.7. The molecular weight excluding hydrogens is 450 g/mol. The van der Waals surface area contributed by atoms with E-state index in [1.54, 1.807) is 0 Å². The topological polar surface area (TPSA) is 69.9 Å². The van der Waals surface area contributed by atoms with E-state index in [0.29, 0.717) is 25.2 Å². The Hall–Kier alpha value is -3.52. The van der Waals surface area contributed by atoms with Crippen LogP contribution in [0.15, 0.2) is 65.8 Å². The van der Waals surface area contributed by atoms with Gasteiger partial charge in [-0.05, 0) is 30.5 Å². The summed E-state index contributed by atoms with van der Waals surface area (Å²) in [6, 6.07) is 20.5. The molecule has 8 heteroatoms. The molecule has 1 amide bonds. The van der Waals surface area contributed by atoms with Crippen LogP contribution in [0.25, 0.3) is 0 Å². The second kappa shape index (κ2) is 10.2. The maximum Gasteiger partial charge on any atom is 0.270 e. The number of amides is 1. The number of para-hydroxylation sites is 1. The van der Waals surface area contributed by atoms with Crippen LogP contribution in [-0.4, -0.2) is 62.4 Å². The molecule has 0 bridgehead atoms. The van der Waals surface area contributed by atoms with E-state index in [0.717, 1.165) is 49.9 Å². The van der Waals surface area contributed by atoms with Crippen LogP contribution in [0.3, 0.4) is 0 Å². The summed E-state index contributed by atoms with van der Waals surface area (Å²) >= 11 is 0. The summed E-state index contributed by atoms with van der Waals surface area (Å²) in [4.78, 5) is 17.9. The molecule has 36 heavy (non-hydrogen) atoms. The number of carbonyl (C=O) groups excluding carboxylic acids is 1. The lowest BCUT2D eigenvalue weighted by molar-refractivity contribution is -0.125. The molecule has 1 atom stereocenters. The van der Waals surface area contributed by atoms with Crippen LogP contribution in [0, 0.1) is 0 Å². The fourth-order valence-electron chi connectivity index (χ4n) is 5.55. The summed E-state index contributed by atoms with van der Waals surface area (Å²) in [6.07, 6.45) is 5.31. The third-order valence-corrected chi connectivity index (χ3v) is 7.57. The van der Waals surface area contributed by atoms with Gasteiger partial charge in [0, 0.05) is 45.6 Å². The number of hydrazone groups is 1. The lowest BCUT2D eigenvalue weighted by Crippen LogP contribution is -2.50. The summed E-state index contributed by atoms with van der Waals surface area (Å²) in [5, 5.41) is 15.8. The standard InChI is InChI=1S/C28H33N7O/c36-28(24-20-25(22-10-4-1-5-11-22)35(31-24)23-12-6-2-7-13-23)33-18-16-32(17-19-33)21-27-30-29-26-14-8-3-9-15-34(26)27/h1-2,4-7,10-13,25H,3,8-9,14-21H2. The lowest BCUT2D eigenvalue weighted by Gasteiger charge is -2.34. The van der Waals surface area contributed by atoms with Crippen molar-refractivity contribution in [3.05, 3.63) is 77.9 Å². The van der Waals surface area contributed by atoms with Crippen LogP contribution in [0.5, 0.6) is 0 Å². The fraction of sp³-hybridized carbons (Fsp3) is 0.429. The van der Waals surface area contributed by atoms with Gasteiger partial charge in [-0.2, -0.15) is 5.10 Å². The number of anilines is 1. The van der Waals surface area contributed by atoms with Gasteiger partial charge in [-0.1, -0.05) is 55.0 Å². The molecule has 2 aromatic carbocycles. The summed E-state index contributed by atoms with van der Waals surface area (Å²) in [5.41, 5.74) is 2.82. The number of piperazine rings is 1. The van der Waals surface area contributed by atoms with Crippen LogP contribution in [0.2, 0.25) is 0 Å². The molecule has 4 heterocycles. The smallest absolute Gasteiger partial charge is 0.270 e. The quantitative estimate of drug-likeness (QED) is 0.554. The fourth-order valence-corrected chi connectivity index (χ4v) is 5.55.